The molecule has 0 atom stereocenters. The van der Waals surface area contributed by atoms with Crippen molar-refractivity contribution in [3.05, 3.63) is 53.3 Å². The van der Waals surface area contributed by atoms with Crippen molar-refractivity contribution in [2.75, 3.05) is 11.1 Å². The summed E-state index contributed by atoms with van der Waals surface area (Å²) >= 11 is 0. The maximum atomic E-state index is 13.2. The van der Waals surface area contributed by atoms with Crippen molar-refractivity contribution in [1.29, 1.82) is 0 Å². The normalized spacial score (nSPS) is 10.2. The molecule has 4 nitrogen and oxygen atoms in total. The molecule has 0 aliphatic heterocycles. The van der Waals surface area contributed by atoms with Crippen LogP contribution in [0.1, 0.15) is 15.9 Å². The van der Waals surface area contributed by atoms with Crippen LogP contribution in [0.15, 0.2) is 36.4 Å². The Morgan fingerprint density at radius 3 is 2.63 bits per heavy atom. The van der Waals surface area contributed by atoms with Crippen LogP contribution in [-0.2, 0) is 0 Å². The van der Waals surface area contributed by atoms with E-state index in [9.17, 15) is 9.18 Å². The molecule has 0 aliphatic rings. The molecule has 0 unspecified atom stereocenters. The molecule has 2 rings (SSSR count). The summed E-state index contributed by atoms with van der Waals surface area (Å²) in [5.41, 5.74) is 13.6. The van der Waals surface area contributed by atoms with E-state index in [2.05, 4.69) is 5.32 Å². The standard InChI is InChI=1S/C14H14FN3O/c1-8-2-3-9(15)6-13(8)18-10-4-5-12(16)11(7-10)14(17)19/h2-7,18H,16H2,1H3,(H2,17,19). The van der Waals surface area contributed by atoms with E-state index in [-0.39, 0.29) is 11.4 Å². The Labute approximate surface area is 110 Å². The van der Waals surface area contributed by atoms with Crippen LogP contribution < -0.4 is 16.8 Å². The highest BCUT2D eigenvalue weighted by molar-refractivity contribution is 5.99. The number of carbonyl (C=O) groups is 1. The number of nitrogens with two attached hydrogens (primary N) is 2. The van der Waals surface area contributed by atoms with E-state index in [1.807, 2.05) is 6.92 Å². The first kappa shape index (κ1) is 12.9. The van der Waals surface area contributed by atoms with Crippen LogP contribution in [-0.4, -0.2) is 5.91 Å². The first-order valence-electron chi connectivity index (χ1n) is 5.70. The average Bonchev–Trinajstić information content (AvgIpc) is 2.36. The molecule has 5 N–H and O–H groups in total. The molecule has 0 saturated carbocycles. The molecule has 98 valence electrons. The number of benzene rings is 2. The van der Waals surface area contributed by atoms with E-state index < -0.39 is 5.91 Å². The zero-order valence-electron chi connectivity index (χ0n) is 10.4. The number of nitrogen functional groups attached to an aromatic ring is 1. The summed E-state index contributed by atoms with van der Waals surface area (Å²) in [6.07, 6.45) is 0. The number of nitrogens with one attached hydrogen (secondary N) is 1. The molecule has 2 aromatic rings. The number of amides is 1. The molecule has 0 spiro atoms. The first-order valence-corrected chi connectivity index (χ1v) is 5.70. The molecule has 0 bridgehead atoms. The van der Waals surface area contributed by atoms with Crippen molar-refractivity contribution in [1.82, 2.24) is 0 Å². The lowest BCUT2D eigenvalue weighted by Crippen LogP contribution is -2.13. The maximum absolute atomic E-state index is 13.2. The Bertz CT molecular complexity index is 641. The van der Waals surface area contributed by atoms with Gasteiger partial charge in [-0.15, -0.1) is 0 Å². The third-order valence-electron chi connectivity index (χ3n) is 2.80. The van der Waals surface area contributed by atoms with Crippen LogP contribution in [0, 0.1) is 12.7 Å². The number of anilines is 3. The highest BCUT2D eigenvalue weighted by Gasteiger charge is 2.08. The second-order valence-corrected chi connectivity index (χ2v) is 4.25. The van der Waals surface area contributed by atoms with E-state index >= 15 is 0 Å². The van der Waals surface area contributed by atoms with Gasteiger partial charge in [0.1, 0.15) is 5.82 Å². The summed E-state index contributed by atoms with van der Waals surface area (Å²) in [7, 11) is 0. The summed E-state index contributed by atoms with van der Waals surface area (Å²) in [6.45, 7) is 1.86. The molecule has 0 heterocycles. The van der Waals surface area contributed by atoms with Crippen LogP contribution in [0.5, 0.6) is 0 Å². The Hall–Kier alpha value is -2.56. The van der Waals surface area contributed by atoms with Crippen molar-refractivity contribution < 1.29 is 9.18 Å². The lowest BCUT2D eigenvalue weighted by molar-refractivity contribution is 0.100. The number of rotatable bonds is 3. The van der Waals surface area contributed by atoms with E-state index in [0.29, 0.717) is 17.1 Å². The van der Waals surface area contributed by atoms with Gasteiger partial charge in [-0.05, 0) is 42.8 Å². The van der Waals surface area contributed by atoms with Crippen LogP contribution in [0.25, 0.3) is 0 Å². The largest absolute Gasteiger partial charge is 0.398 e. The van der Waals surface area contributed by atoms with Gasteiger partial charge >= 0.3 is 0 Å². The third-order valence-corrected chi connectivity index (χ3v) is 2.80. The topological polar surface area (TPSA) is 81.1 Å². The quantitative estimate of drug-likeness (QED) is 0.741. The summed E-state index contributed by atoms with van der Waals surface area (Å²) in [5.74, 6) is -0.934. The second kappa shape index (κ2) is 4.97. The molecule has 0 aliphatic carbocycles. The molecule has 19 heavy (non-hydrogen) atoms. The Kier molecular flexibility index (Phi) is 3.37. The molecule has 0 saturated heterocycles. The minimum Gasteiger partial charge on any atom is -0.398 e. The fourth-order valence-electron chi connectivity index (χ4n) is 1.73. The van der Waals surface area contributed by atoms with Crippen molar-refractivity contribution in [3.63, 3.8) is 0 Å². The lowest BCUT2D eigenvalue weighted by atomic mass is 10.1. The summed E-state index contributed by atoms with van der Waals surface area (Å²) < 4.78 is 13.2. The molecular formula is C14H14FN3O. The summed E-state index contributed by atoms with van der Waals surface area (Å²) in [4.78, 5) is 11.2. The smallest absolute Gasteiger partial charge is 0.250 e. The molecule has 0 radical (unpaired) electrons. The summed E-state index contributed by atoms with van der Waals surface area (Å²) in [5, 5.41) is 3.03. The number of hydrogen-bond donors (Lipinski definition) is 3. The zero-order chi connectivity index (χ0) is 14.0. The summed E-state index contributed by atoms with van der Waals surface area (Å²) in [6, 6.07) is 9.27. The molecule has 1 amide bonds. The van der Waals surface area contributed by atoms with Gasteiger partial charge in [-0.25, -0.2) is 4.39 Å². The van der Waals surface area contributed by atoms with Crippen molar-refractivity contribution in [2.24, 2.45) is 5.73 Å². The highest BCUT2D eigenvalue weighted by Crippen LogP contribution is 2.24. The van der Waals surface area contributed by atoms with Gasteiger partial charge < -0.3 is 16.8 Å². The van der Waals surface area contributed by atoms with Gasteiger partial charge in [0.15, 0.2) is 0 Å². The van der Waals surface area contributed by atoms with Crippen LogP contribution >= 0.6 is 0 Å². The number of hydrogen-bond acceptors (Lipinski definition) is 3. The zero-order valence-corrected chi connectivity index (χ0v) is 10.4. The van der Waals surface area contributed by atoms with Crippen LogP contribution in [0.3, 0.4) is 0 Å². The van der Waals surface area contributed by atoms with Gasteiger partial charge in [-0.3, -0.25) is 4.79 Å². The van der Waals surface area contributed by atoms with Crippen LogP contribution in [0.2, 0.25) is 0 Å². The minimum atomic E-state index is -0.600. The highest BCUT2D eigenvalue weighted by atomic mass is 19.1. The van der Waals surface area contributed by atoms with Gasteiger partial charge in [0, 0.05) is 17.1 Å². The van der Waals surface area contributed by atoms with E-state index in [0.717, 1.165) is 5.56 Å². The SMILES string of the molecule is Cc1ccc(F)cc1Nc1ccc(N)c(C(N)=O)c1. The molecular weight excluding hydrogens is 245 g/mol. The van der Waals surface area contributed by atoms with Gasteiger partial charge in [-0.1, -0.05) is 6.07 Å². The Morgan fingerprint density at radius 1 is 1.21 bits per heavy atom. The monoisotopic (exact) mass is 259 g/mol. The third kappa shape index (κ3) is 2.82. The van der Waals surface area contributed by atoms with Gasteiger partial charge in [0.2, 0.25) is 0 Å². The van der Waals surface area contributed by atoms with Crippen molar-refractivity contribution in [2.45, 2.75) is 6.92 Å². The first-order chi connectivity index (χ1) is 8.97. The van der Waals surface area contributed by atoms with Gasteiger partial charge in [-0.2, -0.15) is 0 Å². The second-order valence-electron chi connectivity index (χ2n) is 4.25. The predicted molar refractivity (Wildman–Crippen MR) is 73.8 cm³/mol. The minimum absolute atomic E-state index is 0.235. The van der Waals surface area contributed by atoms with Crippen molar-refractivity contribution >= 4 is 23.0 Å². The van der Waals surface area contributed by atoms with Gasteiger partial charge in [0.25, 0.3) is 5.91 Å². The lowest BCUT2D eigenvalue weighted by Gasteiger charge is -2.11. The number of aryl methyl sites for hydroxylation is 1. The molecule has 0 aromatic heterocycles. The Balaban J connectivity index is 2.36. The number of halogens is 1. The van der Waals surface area contributed by atoms with E-state index in [4.69, 9.17) is 11.5 Å². The maximum Gasteiger partial charge on any atom is 0.250 e. The van der Waals surface area contributed by atoms with Gasteiger partial charge in [0.05, 0.1) is 5.56 Å². The number of carbonyl (C=O) groups excluding carboxylic acids is 1. The average molecular weight is 259 g/mol. The van der Waals surface area contributed by atoms with Crippen LogP contribution in [0.4, 0.5) is 21.5 Å². The predicted octanol–water partition coefficient (Wildman–Crippen LogP) is 2.56. The fraction of sp³-hybridized carbons (Fsp3) is 0.0714. The fourth-order valence-corrected chi connectivity index (χ4v) is 1.73. The molecule has 5 heteroatoms. The number of primary amides is 1. The van der Waals surface area contributed by atoms with E-state index in [1.54, 1.807) is 24.3 Å². The molecule has 0 fully saturated rings. The van der Waals surface area contributed by atoms with Crippen molar-refractivity contribution in [3.8, 4) is 0 Å². The Morgan fingerprint density at radius 2 is 1.95 bits per heavy atom. The molecule has 2 aromatic carbocycles. The van der Waals surface area contributed by atoms with E-state index in [1.165, 1.54) is 12.1 Å².